The summed E-state index contributed by atoms with van der Waals surface area (Å²) in [5.41, 5.74) is 0.442. The van der Waals surface area contributed by atoms with E-state index >= 15 is 0 Å². The number of ether oxygens (including phenoxy) is 1. The van der Waals surface area contributed by atoms with Crippen LogP contribution in [0.3, 0.4) is 0 Å². The Hall–Kier alpha value is -1.77. The average molecular weight is 417 g/mol. The van der Waals surface area contributed by atoms with Crippen molar-refractivity contribution < 1.29 is 14.3 Å². The van der Waals surface area contributed by atoms with Gasteiger partial charge in [-0.1, -0.05) is 35.0 Å². The van der Waals surface area contributed by atoms with Crippen molar-refractivity contribution in [3.63, 3.8) is 0 Å². The van der Waals surface area contributed by atoms with Gasteiger partial charge < -0.3 is 14.6 Å². The van der Waals surface area contributed by atoms with Gasteiger partial charge in [0.15, 0.2) is 5.16 Å². The van der Waals surface area contributed by atoms with Crippen LogP contribution in [0, 0.1) is 0 Å². The van der Waals surface area contributed by atoms with Gasteiger partial charge in [0.05, 0.1) is 22.6 Å². The Morgan fingerprint density at radius 3 is 2.77 bits per heavy atom. The van der Waals surface area contributed by atoms with Crippen LogP contribution in [0.4, 0.5) is 5.69 Å². The van der Waals surface area contributed by atoms with Gasteiger partial charge in [0.1, 0.15) is 12.2 Å². The number of nitrogens with one attached hydrogen (secondary N) is 1. The number of benzene rings is 1. The molecule has 0 aliphatic carbocycles. The molecule has 0 bridgehead atoms. The first-order valence-electron chi connectivity index (χ1n) is 7.78. The van der Waals surface area contributed by atoms with Gasteiger partial charge in [-0.2, -0.15) is 0 Å². The molecule has 0 aliphatic rings. The molecule has 7 nitrogen and oxygen atoms in total. The minimum absolute atomic E-state index is 0.0244. The number of carbonyl (C=O) groups excluding carboxylic acids is 2. The van der Waals surface area contributed by atoms with E-state index in [-0.39, 0.29) is 18.3 Å². The zero-order chi connectivity index (χ0) is 19.3. The van der Waals surface area contributed by atoms with E-state index in [1.807, 2.05) is 0 Å². The highest BCUT2D eigenvalue weighted by Gasteiger charge is 2.20. The molecule has 2 rings (SSSR count). The quantitative estimate of drug-likeness (QED) is 0.549. The van der Waals surface area contributed by atoms with Gasteiger partial charge in [-0.05, 0) is 32.0 Å². The molecule has 1 N–H and O–H groups in total. The van der Waals surface area contributed by atoms with E-state index in [4.69, 9.17) is 27.9 Å². The highest BCUT2D eigenvalue weighted by atomic mass is 35.5. The lowest BCUT2D eigenvalue weighted by Gasteiger charge is -2.13. The van der Waals surface area contributed by atoms with Gasteiger partial charge in [-0.25, -0.2) is 0 Å². The highest BCUT2D eigenvalue weighted by molar-refractivity contribution is 8.00. The van der Waals surface area contributed by atoms with Crippen molar-refractivity contribution in [2.75, 3.05) is 11.9 Å². The molecule has 1 heterocycles. The van der Waals surface area contributed by atoms with E-state index in [1.54, 1.807) is 43.7 Å². The van der Waals surface area contributed by atoms with Gasteiger partial charge in [0.25, 0.3) is 0 Å². The molecule has 10 heteroatoms. The molecule has 0 saturated carbocycles. The van der Waals surface area contributed by atoms with Crippen molar-refractivity contribution in [2.45, 2.75) is 30.7 Å². The number of aromatic nitrogens is 3. The largest absolute Gasteiger partial charge is 0.466 e. The molecular weight excluding hydrogens is 399 g/mol. The molecule has 1 aromatic heterocycles. The summed E-state index contributed by atoms with van der Waals surface area (Å²) in [5, 5.41) is 11.7. The predicted molar refractivity (Wildman–Crippen MR) is 102 cm³/mol. The lowest BCUT2D eigenvalue weighted by atomic mass is 10.3. The third-order valence-corrected chi connectivity index (χ3v) is 5.07. The van der Waals surface area contributed by atoms with Gasteiger partial charge in [0.2, 0.25) is 5.91 Å². The second-order valence-corrected chi connectivity index (χ2v) is 7.46. The zero-order valence-electron chi connectivity index (χ0n) is 14.5. The number of amides is 1. The minimum Gasteiger partial charge on any atom is -0.466 e. The van der Waals surface area contributed by atoms with Crippen LogP contribution < -0.4 is 5.32 Å². The fraction of sp³-hybridized carbons (Fsp3) is 0.375. The van der Waals surface area contributed by atoms with Crippen molar-refractivity contribution in [3.8, 4) is 0 Å². The standard InChI is InChI=1S/C16H18Cl2N4O3S/c1-4-25-14(23)8-13-20-21-16(22(13)3)26-9(2)15(24)19-12-7-10(17)5-6-11(12)18/h5-7,9H,4,8H2,1-3H3,(H,19,24)/t9-/m1/s1. The first-order chi connectivity index (χ1) is 12.3. The molecule has 0 fully saturated rings. The summed E-state index contributed by atoms with van der Waals surface area (Å²) in [7, 11) is 1.73. The maximum atomic E-state index is 12.4. The van der Waals surface area contributed by atoms with E-state index in [2.05, 4.69) is 15.5 Å². The van der Waals surface area contributed by atoms with Crippen LogP contribution in [0.1, 0.15) is 19.7 Å². The van der Waals surface area contributed by atoms with E-state index < -0.39 is 5.25 Å². The van der Waals surface area contributed by atoms with E-state index in [0.29, 0.717) is 33.3 Å². The minimum atomic E-state index is -0.469. The smallest absolute Gasteiger partial charge is 0.313 e. The van der Waals surface area contributed by atoms with Crippen LogP contribution in [-0.4, -0.2) is 38.5 Å². The topological polar surface area (TPSA) is 86.1 Å². The van der Waals surface area contributed by atoms with E-state index in [0.717, 1.165) is 0 Å². The Kier molecular flexibility index (Phi) is 7.31. The van der Waals surface area contributed by atoms with Gasteiger partial charge in [0, 0.05) is 12.1 Å². The zero-order valence-corrected chi connectivity index (χ0v) is 16.8. The van der Waals surface area contributed by atoms with E-state index in [1.165, 1.54) is 11.8 Å². The third kappa shape index (κ3) is 5.36. The number of thioether (sulfide) groups is 1. The molecule has 26 heavy (non-hydrogen) atoms. The first kappa shape index (κ1) is 20.5. The molecule has 1 atom stereocenters. The van der Waals surface area contributed by atoms with E-state index in [9.17, 15) is 9.59 Å². The second-order valence-electron chi connectivity index (χ2n) is 5.31. The van der Waals surface area contributed by atoms with Crippen molar-refractivity contribution in [3.05, 3.63) is 34.1 Å². The molecule has 0 unspecified atom stereocenters. The average Bonchev–Trinajstić information content (AvgIpc) is 2.91. The Morgan fingerprint density at radius 1 is 1.35 bits per heavy atom. The number of hydrogen-bond donors (Lipinski definition) is 1. The molecule has 1 amide bonds. The van der Waals surface area contributed by atoms with Crippen LogP contribution in [0.2, 0.25) is 10.0 Å². The van der Waals surface area contributed by atoms with Gasteiger partial charge >= 0.3 is 5.97 Å². The number of rotatable bonds is 7. The van der Waals surface area contributed by atoms with Gasteiger partial charge in [-0.3, -0.25) is 9.59 Å². The number of hydrogen-bond acceptors (Lipinski definition) is 6. The molecule has 0 aliphatic heterocycles. The number of halogens is 2. The number of anilines is 1. The highest BCUT2D eigenvalue weighted by Crippen LogP contribution is 2.27. The van der Waals surface area contributed by atoms with Crippen molar-refractivity contribution in [2.24, 2.45) is 7.05 Å². The normalized spacial score (nSPS) is 11.9. The predicted octanol–water partition coefficient (Wildman–Crippen LogP) is 3.35. The van der Waals surface area contributed by atoms with Crippen molar-refractivity contribution in [1.29, 1.82) is 0 Å². The molecule has 0 spiro atoms. The third-order valence-electron chi connectivity index (χ3n) is 3.37. The summed E-state index contributed by atoms with van der Waals surface area (Å²) >= 11 is 13.2. The lowest BCUT2D eigenvalue weighted by Crippen LogP contribution is -2.23. The number of carbonyl (C=O) groups is 2. The van der Waals surface area contributed by atoms with Crippen LogP contribution >= 0.6 is 35.0 Å². The summed E-state index contributed by atoms with van der Waals surface area (Å²) in [6.45, 7) is 3.78. The Labute approximate surface area is 165 Å². The molecule has 1 aromatic carbocycles. The SMILES string of the molecule is CCOC(=O)Cc1nnc(S[C@H](C)C(=O)Nc2cc(Cl)ccc2Cl)n1C. The first-order valence-corrected chi connectivity index (χ1v) is 9.41. The fourth-order valence-electron chi connectivity index (χ4n) is 1.98. The van der Waals surface area contributed by atoms with Gasteiger partial charge in [-0.15, -0.1) is 10.2 Å². The molecular formula is C16H18Cl2N4O3S. The molecule has 0 radical (unpaired) electrons. The summed E-state index contributed by atoms with van der Waals surface area (Å²) in [6, 6.07) is 4.84. The maximum Gasteiger partial charge on any atom is 0.313 e. The van der Waals surface area contributed by atoms with Crippen LogP contribution in [0.5, 0.6) is 0 Å². The van der Waals surface area contributed by atoms with Crippen LogP contribution in [0.15, 0.2) is 23.4 Å². The Bertz CT molecular complexity index is 813. The lowest BCUT2D eigenvalue weighted by molar-refractivity contribution is -0.142. The van der Waals surface area contributed by atoms with Crippen LogP contribution in [-0.2, 0) is 27.8 Å². The summed E-state index contributed by atoms with van der Waals surface area (Å²) in [4.78, 5) is 24.0. The second kappa shape index (κ2) is 9.25. The van der Waals surface area contributed by atoms with Crippen LogP contribution in [0.25, 0.3) is 0 Å². The monoisotopic (exact) mass is 416 g/mol. The fourth-order valence-corrected chi connectivity index (χ4v) is 3.15. The number of nitrogens with zero attached hydrogens (tertiary/aromatic N) is 3. The summed E-state index contributed by atoms with van der Waals surface area (Å²) < 4.78 is 6.57. The Balaban J connectivity index is 2.01. The van der Waals surface area contributed by atoms with Crippen molar-refractivity contribution >= 4 is 52.5 Å². The Morgan fingerprint density at radius 2 is 2.08 bits per heavy atom. The summed E-state index contributed by atoms with van der Waals surface area (Å²) in [5.74, 6) is -0.161. The molecule has 140 valence electrons. The van der Waals surface area contributed by atoms with Crippen molar-refractivity contribution in [1.82, 2.24) is 14.8 Å². The number of esters is 1. The summed E-state index contributed by atoms with van der Waals surface area (Å²) in [6.07, 6.45) is 0.0244. The molecule has 2 aromatic rings. The molecule has 0 saturated heterocycles. The maximum absolute atomic E-state index is 12.4.